The van der Waals surface area contributed by atoms with Crippen LogP contribution < -0.4 is 15.5 Å². The van der Waals surface area contributed by atoms with Gasteiger partial charge in [-0.1, -0.05) is 60.7 Å². The van der Waals surface area contributed by atoms with E-state index in [0.29, 0.717) is 12.1 Å². The highest BCUT2D eigenvalue weighted by atomic mass is 16.5. The van der Waals surface area contributed by atoms with E-state index in [4.69, 9.17) is 4.74 Å². The van der Waals surface area contributed by atoms with E-state index in [-0.39, 0.29) is 12.5 Å². The molecule has 0 heterocycles. The van der Waals surface area contributed by atoms with Gasteiger partial charge in [0.15, 0.2) is 0 Å². The Morgan fingerprint density at radius 3 is 2.00 bits per heavy atom. The van der Waals surface area contributed by atoms with Crippen molar-refractivity contribution in [1.82, 2.24) is 5.32 Å². The summed E-state index contributed by atoms with van der Waals surface area (Å²) >= 11 is 0. The number of amides is 2. The van der Waals surface area contributed by atoms with Crippen molar-refractivity contribution in [2.45, 2.75) is 19.1 Å². The van der Waals surface area contributed by atoms with E-state index in [1.54, 1.807) is 0 Å². The summed E-state index contributed by atoms with van der Waals surface area (Å²) in [6, 6.07) is 25.7. The molecule has 1 unspecified atom stereocenters. The number of hydrogen-bond acceptors (Lipinski definition) is 4. The van der Waals surface area contributed by atoms with Crippen LogP contribution in [0.3, 0.4) is 0 Å². The van der Waals surface area contributed by atoms with Crippen molar-refractivity contribution in [1.29, 1.82) is 0 Å². The first kappa shape index (κ1) is 21.9. The molecule has 160 valence electrons. The lowest BCUT2D eigenvalue weighted by Gasteiger charge is -2.19. The standard InChI is InChI=1S/C25H27N3O3/c1-28(2)22-15-13-21(14-16-22)26-24(29)23(17-19-9-5-3-6-10-19)27-25(30)31-18-20-11-7-4-8-12-20/h3-16,23H,17-18H2,1-2H3,(H,26,29)(H,27,30). The van der Waals surface area contributed by atoms with Crippen LogP contribution in [-0.2, 0) is 22.6 Å². The van der Waals surface area contributed by atoms with Crippen molar-refractivity contribution < 1.29 is 14.3 Å². The van der Waals surface area contributed by atoms with E-state index in [2.05, 4.69) is 10.6 Å². The molecule has 0 saturated heterocycles. The molecule has 6 heteroatoms. The van der Waals surface area contributed by atoms with Crippen molar-refractivity contribution in [3.05, 3.63) is 96.1 Å². The SMILES string of the molecule is CN(C)c1ccc(NC(=O)C(Cc2ccccc2)NC(=O)OCc2ccccc2)cc1. The van der Waals surface area contributed by atoms with Crippen molar-refractivity contribution in [3.63, 3.8) is 0 Å². The highest BCUT2D eigenvalue weighted by Gasteiger charge is 2.22. The molecule has 0 bridgehead atoms. The van der Waals surface area contributed by atoms with E-state index >= 15 is 0 Å². The number of hydrogen-bond donors (Lipinski definition) is 2. The Bertz CT molecular complexity index is 974. The highest BCUT2D eigenvalue weighted by molar-refractivity contribution is 5.96. The number of ether oxygens (including phenoxy) is 1. The number of carbonyl (C=O) groups is 2. The van der Waals surface area contributed by atoms with Crippen LogP contribution >= 0.6 is 0 Å². The maximum atomic E-state index is 13.0. The van der Waals surface area contributed by atoms with Gasteiger partial charge in [0.1, 0.15) is 12.6 Å². The zero-order valence-electron chi connectivity index (χ0n) is 17.7. The fourth-order valence-corrected chi connectivity index (χ4v) is 3.04. The molecular formula is C25H27N3O3. The van der Waals surface area contributed by atoms with Crippen molar-refractivity contribution in [2.24, 2.45) is 0 Å². The predicted molar refractivity (Wildman–Crippen MR) is 123 cm³/mol. The molecule has 6 nitrogen and oxygen atoms in total. The number of benzene rings is 3. The topological polar surface area (TPSA) is 70.7 Å². The average Bonchev–Trinajstić information content (AvgIpc) is 2.79. The Morgan fingerprint density at radius 1 is 0.839 bits per heavy atom. The van der Waals surface area contributed by atoms with E-state index in [1.807, 2.05) is 104 Å². The number of anilines is 2. The molecule has 0 aromatic heterocycles. The van der Waals surface area contributed by atoms with Gasteiger partial charge in [0, 0.05) is 31.9 Å². The van der Waals surface area contributed by atoms with Crippen molar-refractivity contribution in [3.8, 4) is 0 Å². The van der Waals surface area contributed by atoms with Gasteiger partial charge in [0.05, 0.1) is 0 Å². The molecule has 31 heavy (non-hydrogen) atoms. The molecule has 3 aromatic carbocycles. The van der Waals surface area contributed by atoms with Gasteiger partial charge in [-0.25, -0.2) is 4.79 Å². The van der Waals surface area contributed by atoms with E-state index in [1.165, 1.54) is 0 Å². The zero-order valence-corrected chi connectivity index (χ0v) is 17.7. The average molecular weight is 418 g/mol. The summed E-state index contributed by atoms with van der Waals surface area (Å²) in [6.07, 6.45) is -0.286. The van der Waals surface area contributed by atoms with Crippen LogP contribution in [-0.4, -0.2) is 32.1 Å². The first-order chi connectivity index (χ1) is 15.0. The molecule has 0 spiro atoms. The van der Waals surface area contributed by atoms with Crippen LogP contribution in [0.5, 0.6) is 0 Å². The lowest BCUT2D eigenvalue weighted by molar-refractivity contribution is -0.118. The molecule has 0 aliphatic rings. The van der Waals surface area contributed by atoms with Crippen LogP contribution in [0.4, 0.5) is 16.2 Å². The summed E-state index contributed by atoms with van der Waals surface area (Å²) in [6.45, 7) is 0.137. The maximum absolute atomic E-state index is 13.0. The second-order valence-corrected chi connectivity index (χ2v) is 7.38. The Labute approximate surface area is 182 Å². The second kappa shape index (κ2) is 10.8. The van der Waals surface area contributed by atoms with Crippen molar-refractivity contribution in [2.75, 3.05) is 24.3 Å². The largest absolute Gasteiger partial charge is 0.445 e. The minimum atomic E-state index is -0.779. The third kappa shape index (κ3) is 6.89. The van der Waals surface area contributed by atoms with Crippen LogP contribution in [0.2, 0.25) is 0 Å². The van der Waals surface area contributed by atoms with E-state index in [9.17, 15) is 9.59 Å². The normalized spacial score (nSPS) is 11.3. The number of carbonyl (C=O) groups excluding carboxylic acids is 2. The maximum Gasteiger partial charge on any atom is 0.408 e. The Hall–Kier alpha value is -3.80. The molecule has 0 aliphatic heterocycles. The number of alkyl carbamates (subject to hydrolysis) is 1. The molecule has 1 atom stereocenters. The van der Waals surface area contributed by atoms with Gasteiger partial charge in [0.25, 0.3) is 0 Å². The van der Waals surface area contributed by atoms with Gasteiger partial charge in [-0.2, -0.15) is 0 Å². The monoisotopic (exact) mass is 417 g/mol. The van der Waals surface area contributed by atoms with Crippen LogP contribution in [0.1, 0.15) is 11.1 Å². The molecule has 2 N–H and O–H groups in total. The Morgan fingerprint density at radius 2 is 1.42 bits per heavy atom. The molecule has 0 saturated carbocycles. The van der Waals surface area contributed by atoms with Crippen LogP contribution in [0.25, 0.3) is 0 Å². The molecule has 2 amide bonds. The summed E-state index contributed by atoms with van der Waals surface area (Å²) in [5.74, 6) is -0.307. The number of nitrogens with one attached hydrogen (secondary N) is 2. The summed E-state index contributed by atoms with van der Waals surface area (Å²) in [5.41, 5.74) is 3.51. The lowest BCUT2D eigenvalue weighted by atomic mass is 10.1. The second-order valence-electron chi connectivity index (χ2n) is 7.38. The third-order valence-electron chi connectivity index (χ3n) is 4.76. The van der Waals surface area contributed by atoms with Crippen molar-refractivity contribution >= 4 is 23.4 Å². The first-order valence-corrected chi connectivity index (χ1v) is 10.1. The van der Waals surface area contributed by atoms with Crippen LogP contribution in [0, 0.1) is 0 Å². The molecule has 3 rings (SSSR count). The van der Waals surface area contributed by atoms with E-state index < -0.39 is 12.1 Å². The predicted octanol–water partition coefficient (Wildman–Crippen LogP) is 4.23. The van der Waals surface area contributed by atoms with Gasteiger partial charge < -0.3 is 20.3 Å². The minimum absolute atomic E-state index is 0.137. The molecular weight excluding hydrogens is 390 g/mol. The van der Waals surface area contributed by atoms with Gasteiger partial charge in [-0.05, 0) is 35.4 Å². The van der Waals surface area contributed by atoms with Crippen LogP contribution in [0.15, 0.2) is 84.9 Å². The lowest BCUT2D eigenvalue weighted by Crippen LogP contribution is -2.45. The fourth-order valence-electron chi connectivity index (χ4n) is 3.04. The number of nitrogens with zero attached hydrogens (tertiary/aromatic N) is 1. The smallest absolute Gasteiger partial charge is 0.408 e. The molecule has 3 aromatic rings. The van der Waals surface area contributed by atoms with E-state index in [0.717, 1.165) is 16.8 Å². The van der Waals surface area contributed by atoms with Gasteiger partial charge in [0.2, 0.25) is 5.91 Å². The summed E-state index contributed by atoms with van der Waals surface area (Å²) in [4.78, 5) is 27.3. The molecule has 0 fully saturated rings. The third-order valence-corrected chi connectivity index (χ3v) is 4.76. The first-order valence-electron chi connectivity index (χ1n) is 10.1. The molecule has 0 aliphatic carbocycles. The summed E-state index contributed by atoms with van der Waals surface area (Å²) in [5, 5.41) is 5.58. The number of rotatable bonds is 8. The van der Waals surface area contributed by atoms with Gasteiger partial charge in [-0.3, -0.25) is 4.79 Å². The van der Waals surface area contributed by atoms with Gasteiger partial charge >= 0.3 is 6.09 Å². The Kier molecular flexibility index (Phi) is 7.65. The van der Waals surface area contributed by atoms with Gasteiger partial charge in [-0.15, -0.1) is 0 Å². The summed E-state index contributed by atoms with van der Waals surface area (Å²) < 4.78 is 5.30. The summed E-state index contributed by atoms with van der Waals surface area (Å²) in [7, 11) is 3.91. The highest BCUT2D eigenvalue weighted by Crippen LogP contribution is 2.16. The zero-order chi connectivity index (χ0) is 22.1. The Balaban J connectivity index is 1.66. The molecule has 0 radical (unpaired) electrons. The minimum Gasteiger partial charge on any atom is -0.445 e. The fraction of sp³-hybridized carbons (Fsp3) is 0.200. The quantitative estimate of drug-likeness (QED) is 0.575.